The molecule has 1 saturated carbocycles. The predicted octanol–water partition coefficient (Wildman–Crippen LogP) is 2.44. The van der Waals surface area contributed by atoms with E-state index in [4.69, 9.17) is 4.74 Å². The molecule has 0 saturated heterocycles. The van der Waals surface area contributed by atoms with Crippen LogP contribution in [0, 0.1) is 5.41 Å². The fourth-order valence-corrected chi connectivity index (χ4v) is 1.75. The van der Waals surface area contributed by atoms with Gasteiger partial charge in [-0.2, -0.15) is 0 Å². The predicted molar refractivity (Wildman–Crippen MR) is 54.1 cm³/mol. The van der Waals surface area contributed by atoms with Gasteiger partial charge in [-0.15, -0.1) is 0 Å². The van der Waals surface area contributed by atoms with Gasteiger partial charge in [0.1, 0.15) is 0 Å². The van der Waals surface area contributed by atoms with Crippen molar-refractivity contribution < 1.29 is 4.74 Å². The molecular weight excluding hydrogens is 176 g/mol. The van der Waals surface area contributed by atoms with Gasteiger partial charge in [0.25, 0.3) is 0 Å². The highest BCUT2D eigenvalue weighted by Gasteiger charge is 2.42. The third-order valence-corrected chi connectivity index (χ3v) is 2.79. The molecule has 1 aliphatic rings. The monoisotopic (exact) mass is 192 g/mol. The first-order valence-electron chi connectivity index (χ1n) is 5.24. The first kappa shape index (κ1) is 9.44. The zero-order valence-corrected chi connectivity index (χ0v) is 8.57. The Morgan fingerprint density at radius 2 is 2.07 bits per heavy atom. The molecule has 0 atom stereocenters. The number of hydrogen-bond donors (Lipinski definition) is 0. The second-order valence-electron chi connectivity index (χ2n) is 4.07. The molecule has 1 aromatic heterocycles. The maximum Gasteiger partial charge on any atom is 0.316 e. The molecule has 0 unspecified atom stereocenters. The summed E-state index contributed by atoms with van der Waals surface area (Å²) in [5.41, 5.74) is 0.452. The number of rotatable bonds is 5. The van der Waals surface area contributed by atoms with E-state index in [1.54, 1.807) is 18.5 Å². The molecule has 1 heterocycles. The van der Waals surface area contributed by atoms with Gasteiger partial charge in [-0.25, -0.2) is 9.97 Å². The SMILES string of the molecule is CCCC1(COc2ncccn2)CC1. The van der Waals surface area contributed by atoms with E-state index in [2.05, 4.69) is 16.9 Å². The molecule has 1 fully saturated rings. The average molecular weight is 192 g/mol. The van der Waals surface area contributed by atoms with Gasteiger partial charge in [0, 0.05) is 17.8 Å². The van der Waals surface area contributed by atoms with Crippen LogP contribution in [0.15, 0.2) is 18.5 Å². The minimum atomic E-state index is 0.452. The van der Waals surface area contributed by atoms with Gasteiger partial charge in [-0.1, -0.05) is 13.3 Å². The maximum absolute atomic E-state index is 5.56. The van der Waals surface area contributed by atoms with E-state index in [0.717, 1.165) is 6.61 Å². The van der Waals surface area contributed by atoms with Crippen LogP contribution in [-0.2, 0) is 0 Å². The number of nitrogens with zero attached hydrogens (tertiary/aromatic N) is 2. The van der Waals surface area contributed by atoms with Crippen LogP contribution in [0.1, 0.15) is 32.6 Å². The van der Waals surface area contributed by atoms with Crippen LogP contribution < -0.4 is 4.74 Å². The van der Waals surface area contributed by atoms with E-state index in [9.17, 15) is 0 Å². The minimum absolute atomic E-state index is 0.452. The van der Waals surface area contributed by atoms with Crippen LogP contribution in [0.3, 0.4) is 0 Å². The molecule has 3 heteroatoms. The Morgan fingerprint density at radius 1 is 1.36 bits per heavy atom. The van der Waals surface area contributed by atoms with Crippen molar-refractivity contribution in [1.82, 2.24) is 9.97 Å². The second kappa shape index (κ2) is 3.95. The second-order valence-corrected chi connectivity index (χ2v) is 4.07. The van der Waals surface area contributed by atoms with Crippen LogP contribution in [0.4, 0.5) is 0 Å². The normalized spacial score (nSPS) is 17.8. The van der Waals surface area contributed by atoms with Crippen molar-refractivity contribution in [2.45, 2.75) is 32.6 Å². The van der Waals surface area contributed by atoms with Gasteiger partial charge in [0.2, 0.25) is 0 Å². The molecule has 1 aliphatic carbocycles. The molecule has 0 bridgehead atoms. The molecule has 2 rings (SSSR count). The van der Waals surface area contributed by atoms with Crippen LogP contribution in [-0.4, -0.2) is 16.6 Å². The molecule has 0 N–H and O–H groups in total. The van der Waals surface area contributed by atoms with Crippen molar-refractivity contribution in [2.24, 2.45) is 5.41 Å². The van der Waals surface area contributed by atoms with Crippen molar-refractivity contribution >= 4 is 0 Å². The summed E-state index contributed by atoms with van der Waals surface area (Å²) in [6.07, 6.45) is 8.52. The van der Waals surface area contributed by atoms with Crippen molar-refractivity contribution in [2.75, 3.05) is 6.61 Å². The Hall–Kier alpha value is -1.12. The summed E-state index contributed by atoms with van der Waals surface area (Å²) < 4.78 is 5.56. The third-order valence-electron chi connectivity index (χ3n) is 2.79. The van der Waals surface area contributed by atoms with Crippen molar-refractivity contribution in [3.8, 4) is 6.01 Å². The molecule has 0 spiro atoms. The zero-order valence-electron chi connectivity index (χ0n) is 8.57. The highest BCUT2D eigenvalue weighted by molar-refractivity contribution is 4.98. The lowest BCUT2D eigenvalue weighted by molar-refractivity contribution is 0.208. The molecule has 0 amide bonds. The Morgan fingerprint density at radius 3 is 2.64 bits per heavy atom. The van der Waals surface area contributed by atoms with Crippen molar-refractivity contribution in [3.05, 3.63) is 18.5 Å². The smallest absolute Gasteiger partial charge is 0.316 e. The quantitative estimate of drug-likeness (QED) is 0.718. The van der Waals surface area contributed by atoms with E-state index in [1.807, 2.05) is 0 Å². The summed E-state index contributed by atoms with van der Waals surface area (Å²) in [6, 6.07) is 2.31. The van der Waals surface area contributed by atoms with Crippen molar-refractivity contribution in [1.29, 1.82) is 0 Å². The lowest BCUT2D eigenvalue weighted by Gasteiger charge is -2.13. The first-order chi connectivity index (χ1) is 6.85. The maximum atomic E-state index is 5.56. The fourth-order valence-electron chi connectivity index (χ4n) is 1.75. The van der Waals surface area contributed by atoms with E-state index in [-0.39, 0.29) is 0 Å². The molecule has 76 valence electrons. The van der Waals surface area contributed by atoms with Gasteiger partial charge >= 0.3 is 6.01 Å². The van der Waals surface area contributed by atoms with E-state index in [1.165, 1.54) is 25.7 Å². The minimum Gasteiger partial charge on any atom is -0.463 e. The van der Waals surface area contributed by atoms with E-state index < -0.39 is 0 Å². The van der Waals surface area contributed by atoms with Gasteiger partial charge < -0.3 is 4.74 Å². The summed E-state index contributed by atoms with van der Waals surface area (Å²) >= 11 is 0. The molecular formula is C11H16N2O. The van der Waals surface area contributed by atoms with Gasteiger partial charge in [0.05, 0.1) is 6.61 Å². The molecule has 0 aliphatic heterocycles. The summed E-state index contributed by atoms with van der Waals surface area (Å²) in [4.78, 5) is 8.07. The van der Waals surface area contributed by atoms with Crippen LogP contribution in [0.25, 0.3) is 0 Å². The van der Waals surface area contributed by atoms with Gasteiger partial charge in [-0.3, -0.25) is 0 Å². The van der Waals surface area contributed by atoms with E-state index >= 15 is 0 Å². The summed E-state index contributed by atoms with van der Waals surface area (Å²) in [5.74, 6) is 0. The standard InChI is InChI=1S/C11H16N2O/c1-2-4-11(5-6-11)9-14-10-12-7-3-8-13-10/h3,7-8H,2,4-6,9H2,1H3. The molecule has 1 aromatic rings. The first-order valence-corrected chi connectivity index (χ1v) is 5.24. The largest absolute Gasteiger partial charge is 0.463 e. The Bertz CT molecular complexity index is 283. The van der Waals surface area contributed by atoms with Crippen LogP contribution in [0.2, 0.25) is 0 Å². The Balaban J connectivity index is 1.83. The van der Waals surface area contributed by atoms with E-state index in [0.29, 0.717) is 11.4 Å². The highest BCUT2D eigenvalue weighted by atomic mass is 16.5. The van der Waals surface area contributed by atoms with Crippen LogP contribution >= 0.6 is 0 Å². The highest BCUT2D eigenvalue weighted by Crippen LogP contribution is 2.49. The molecule has 0 radical (unpaired) electrons. The lowest BCUT2D eigenvalue weighted by Crippen LogP contribution is -2.13. The average Bonchev–Trinajstić information content (AvgIpc) is 2.98. The number of hydrogen-bond acceptors (Lipinski definition) is 3. The van der Waals surface area contributed by atoms with Crippen LogP contribution in [0.5, 0.6) is 6.01 Å². The fraction of sp³-hybridized carbons (Fsp3) is 0.636. The van der Waals surface area contributed by atoms with Gasteiger partial charge in [-0.05, 0) is 25.3 Å². The Labute approximate surface area is 84.5 Å². The number of ether oxygens (including phenoxy) is 1. The summed E-state index contributed by atoms with van der Waals surface area (Å²) in [6.45, 7) is 3.00. The van der Waals surface area contributed by atoms with Gasteiger partial charge in [0.15, 0.2) is 0 Å². The summed E-state index contributed by atoms with van der Waals surface area (Å²) in [5, 5.41) is 0. The molecule has 3 nitrogen and oxygen atoms in total. The lowest BCUT2D eigenvalue weighted by atomic mass is 10.0. The molecule has 0 aromatic carbocycles. The molecule has 14 heavy (non-hydrogen) atoms. The van der Waals surface area contributed by atoms with Crippen molar-refractivity contribution in [3.63, 3.8) is 0 Å². The number of aromatic nitrogens is 2. The topological polar surface area (TPSA) is 35.0 Å². The Kier molecular flexibility index (Phi) is 2.66. The third kappa shape index (κ3) is 2.22. The summed E-state index contributed by atoms with van der Waals surface area (Å²) in [7, 11) is 0. The zero-order chi connectivity index (χ0) is 9.86.